The van der Waals surface area contributed by atoms with Gasteiger partial charge in [0.1, 0.15) is 0 Å². The Morgan fingerprint density at radius 2 is 2.00 bits per heavy atom. The van der Waals surface area contributed by atoms with Gasteiger partial charge in [-0.25, -0.2) is 0 Å². The molecule has 3 unspecified atom stereocenters. The van der Waals surface area contributed by atoms with E-state index in [4.69, 9.17) is 4.74 Å². The standard InChI is InChI=1S/C18H26N2O/c1-2-4-14(5-3-1)12-16-13-20(10-9-19-16)17-8-11-21-18(17)15-6-7-15/h1-5,15-19H,6-13H2. The molecule has 0 bridgehead atoms. The van der Waals surface area contributed by atoms with Crippen LogP contribution in [0.4, 0.5) is 0 Å². The zero-order chi connectivity index (χ0) is 14.1. The summed E-state index contributed by atoms with van der Waals surface area (Å²) in [5.41, 5.74) is 1.44. The van der Waals surface area contributed by atoms with E-state index in [0.29, 0.717) is 18.2 Å². The minimum absolute atomic E-state index is 0.528. The molecule has 3 aliphatic rings. The molecule has 2 heterocycles. The Labute approximate surface area is 127 Å². The summed E-state index contributed by atoms with van der Waals surface area (Å²) >= 11 is 0. The lowest BCUT2D eigenvalue weighted by atomic mass is 9.99. The van der Waals surface area contributed by atoms with Gasteiger partial charge in [-0.05, 0) is 37.2 Å². The molecule has 3 heteroatoms. The first-order valence-corrected chi connectivity index (χ1v) is 8.53. The van der Waals surface area contributed by atoms with Crippen LogP contribution in [0.15, 0.2) is 30.3 Å². The van der Waals surface area contributed by atoms with Crippen LogP contribution in [0.5, 0.6) is 0 Å². The normalized spacial score (nSPS) is 34.2. The molecule has 1 aromatic carbocycles. The third kappa shape index (κ3) is 3.15. The van der Waals surface area contributed by atoms with Gasteiger partial charge < -0.3 is 10.1 Å². The number of hydrogen-bond acceptors (Lipinski definition) is 3. The first-order valence-electron chi connectivity index (χ1n) is 8.53. The Balaban J connectivity index is 1.38. The Kier molecular flexibility index (Phi) is 3.97. The number of benzene rings is 1. The minimum atomic E-state index is 0.528. The number of piperazine rings is 1. The van der Waals surface area contributed by atoms with Crippen molar-refractivity contribution in [3.05, 3.63) is 35.9 Å². The molecular weight excluding hydrogens is 260 g/mol. The first-order chi connectivity index (χ1) is 10.4. The molecule has 3 nitrogen and oxygen atoms in total. The molecule has 0 radical (unpaired) electrons. The van der Waals surface area contributed by atoms with E-state index in [1.807, 2.05) is 0 Å². The molecule has 0 spiro atoms. The van der Waals surface area contributed by atoms with Crippen LogP contribution in [0.1, 0.15) is 24.8 Å². The molecule has 1 N–H and O–H groups in total. The number of nitrogens with zero attached hydrogens (tertiary/aromatic N) is 1. The van der Waals surface area contributed by atoms with E-state index in [0.717, 1.165) is 25.5 Å². The van der Waals surface area contributed by atoms with Crippen LogP contribution in [-0.2, 0) is 11.2 Å². The maximum absolute atomic E-state index is 6.03. The van der Waals surface area contributed by atoms with Crippen molar-refractivity contribution in [2.45, 2.75) is 43.9 Å². The summed E-state index contributed by atoms with van der Waals surface area (Å²) in [7, 11) is 0. The lowest BCUT2D eigenvalue weighted by Crippen LogP contribution is -2.56. The summed E-state index contributed by atoms with van der Waals surface area (Å²) < 4.78 is 6.03. The van der Waals surface area contributed by atoms with E-state index in [1.165, 1.54) is 37.9 Å². The third-order valence-corrected chi connectivity index (χ3v) is 5.27. The maximum atomic E-state index is 6.03. The average Bonchev–Trinajstić information content (AvgIpc) is 3.25. The van der Waals surface area contributed by atoms with Crippen molar-refractivity contribution in [1.29, 1.82) is 0 Å². The summed E-state index contributed by atoms with van der Waals surface area (Å²) in [6, 6.07) is 12.1. The van der Waals surface area contributed by atoms with Gasteiger partial charge in [-0.15, -0.1) is 0 Å². The Bertz CT molecular complexity index is 460. The lowest BCUT2D eigenvalue weighted by molar-refractivity contribution is 0.0354. The lowest BCUT2D eigenvalue weighted by Gasteiger charge is -2.39. The smallest absolute Gasteiger partial charge is 0.0759 e. The van der Waals surface area contributed by atoms with Crippen molar-refractivity contribution in [2.24, 2.45) is 5.92 Å². The molecular formula is C18H26N2O. The second-order valence-corrected chi connectivity index (χ2v) is 6.86. The number of nitrogens with one attached hydrogen (secondary N) is 1. The van der Waals surface area contributed by atoms with Crippen LogP contribution < -0.4 is 5.32 Å². The summed E-state index contributed by atoms with van der Waals surface area (Å²) in [5, 5.41) is 3.70. The predicted molar refractivity (Wildman–Crippen MR) is 84.4 cm³/mol. The topological polar surface area (TPSA) is 24.5 Å². The van der Waals surface area contributed by atoms with E-state index < -0.39 is 0 Å². The molecule has 3 fully saturated rings. The van der Waals surface area contributed by atoms with E-state index in [1.54, 1.807) is 0 Å². The molecule has 114 valence electrons. The molecule has 3 atom stereocenters. The van der Waals surface area contributed by atoms with E-state index in [2.05, 4.69) is 40.5 Å². The molecule has 1 aliphatic carbocycles. The van der Waals surface area contributed by atoms with E-state index in [-0.39, 0.29) is 0 Å². The predicted octanol–water partition coefficient (Wildman–Crippen LogP) is 2.07. The van der Waals surface area contributed by atoms with Gasteiger partial charge in [0.05, 0.1) is 6.10 Å². The fraction of sp³-hybridized carbons (Fsp3) is 0.667. The summed E-state index contributed by atoms with van der Waals surface area (Å²) in [6.07, 6.45) is 5.68. The quantitative estimate of drug-likeness (QED) is 0.917. The third-order valence-electron chi connectivity index (χ3n) is 5.27. The SMILES string of the molecule is c1ccc(CC2CN(C3CCOC3C3CC3)CCN2)cc1. The highest BCUT2D eigenvalue weighted by atomic mass is 16.5. The van der Waals surface area contributed by atoms with Crippen molar-refractivity contribution in [1.82, 2.24) is 10.2 Å². The minimum Gasteiger partial charge on any atom is -0.376 e. The molecule has 1 aromatic rings. The highest BCUT2D eigenvalue weighted by Crippen LogP contribution is 2.40. The summed E-state index contributed by atoms with van der Waals surface area (Å²) in [4.78, 5) is 2.71. The molecule has 0 aromatic heterocycles. The Hall–Kier alpha value is -0.900. The van der Waals surface area contributed by atoms with Crippen LogP contribution in [0.3, 0.4) is 0 Å². The zero-order valence-electron chi connectivity index (χ0n) is 12.7. The fourth-order valence-corrected chi connectivity index (χ4v) is 4.05. The second-order valence-electron chi connectivity index (χ2n) is 6.86. The van der Waals surface area contributed by atoms with Crippen LogP contribution in [0, 0.1) is 5.92 Å². The highest BCUT2D eigenvalue weighted by Gasteiger charge is 2.43. The molecule has 2 aliphatic heterocycles. The highest BCUT2D eigenvalue weighted by molar-refractivity contribution is 5.16. The zero-order valence-corrected chi connectivity index (χ0v) is 12.7. The van der Waals surface area contributed by atoms with Crippen molar-refractivity contribution >= 4 is 0 Å². The molecule has 1 saturated carbocycles. The van der Waals surface area contributed by atoms with Crippen LogP contribution in [0.25, 0.3) is 0 Å². The van der Waals surface area contributed by atoms with E-state index >= 15 is 0 Å². The van der Waals surface area contributed by atoms with Crippen molar-refractivity contribution < 1.29 is 4.74 Å². The fourth-order valence-electron chi connectivity index (χ4n) is 4.05. The van der Waals surface area contributed by atoms with Gasteiger partial charge in [0.25, 0.3) is 0 Å². The molecule has 21 heavy (non-hydrogen) atoms. The van der Waals surface area contributed by atoms with Gasteiger partial charge in [0, 0.05) is 38.3 Å². The Morgan fingerprint density at radius 3 is 2.81 bits per heavy atom. The number of rotatable bonds is 4. The van der Waals surface area contributed by atoms with Crippen LogP contribution in [0.2, 0.25) is 0 Å². The van der Waals surface area contributed by atoms with Gasteiger partial charge in [0.15, 0.2) is 0 Å². The largest absolute Gasteiger partial charge is 0.376 e. The molecule has 0 amide bonds. The van der Waals surface area contributed by atoms with Crippen LogP contribution >= 0.6 is 0 Å². The Morgan fingerprint density at radius 1 is 1.14 bits per heavy atom. The average molecular weight is 286 g/mol. The summed E-state index contributed by atoms with van der Waals surface area (Å²) in [5.74, 6) is 0.861. The number of hydrogen-bond donors (Lipinski definition) is 1. The van der Waals surface area contributed by atoms with Crippen molar-refractivity contribution in [3.63, 3.8) is 0 Å². The molecule has 2 saturated heterocycles. The van der Waals surface area contributed by atoms with Crippen molar-refractivity contribution in [2.75, 3.05) is 26.2 Å². The van der Waals surface area contributed by atoms with Gasteiger partial charge >= 0.3 is 0 Å². The van der Waals surface area contributed by atoms with Gasteiger partial charge in [-0.2, -0.15) is 0 Å². The van der Waals surface area contributed by atoms with Crippen molar-refractivity contribution in [3.8, 4) is 0 Å². The summed E-state index contributed by atoms with van der Waals surface area (Å²) in [6.45, 7) is 4.44. The van der Waals surface area contributed by atoms with Gasteiger partial charge in [-0.1, -0.05) is 30.3 Å². The van der Waals surface area contributed by atoms with Gasteiger partial charge in [-0.3, -0.25) is 4.90 Å². The van der Waals surface area contributed by atoms with Crippen LogP contribution in [-0.4, -0.2) is 49.3 Å². The van der Waals surface area contributed by atoms with Gasteiger partial charge in [0.2, 0.25) is 0 Å². The second kappa shape index (κ2) is 6.07. The number of ether oxygens (including phenoxy) is 1. The monoisotopic (exact) mass is 286 g/mol. The molecule has 4 rings (SSSR count). The van der Waals surface area contributed by atoms with E-state index in [9.17, 15) is 0 Å². The first kappa shape index (κ1) is 13.7. The maximum Gasteiger partial charge on any atom is 0.0759 e.